The van der Waals surface area contributed by atoms with E-state index in [2.05, 4.69) is 4.98 Å². The summed E-state index contributed by atoms with van der Waals surface area (Å²) >= 11 is 0. The van der Waals surface area contributed by atoms with Crippen LogP contribution < -0.4 is 15.8 Å². The van der Waals surface area contributed by atoms with Gasteiger partial charge in [0.05, 0.1) is 20.0 Å². The summed E-state index contributed by atoms with van der Waals surface area (Å²) in [5.74, 6) is 0.387. The summed E-state index contributed by atoms with van der Waals surface area (Å²) in [6.45, 7) is 2.05. The number of nitrogens with zero attached hydrogens (tertiary/aromatic N) is 2. The average Bonchev–Trinajstić information content (AvgIpc) is 2.41. The lowest BCUT2D eigenvalue weighted by Crippen LogP contribution is -2.32. The van der Waals surface area contributed by atoms with E-state index in [4.69, 9.17) is 4.74 Å². The Kier molecular flexibility index (Phi) is 4.21. The Balaban J connectivity index is 2.34. The van der Waals surface area contributed by atoms with Gasteiger partial charge in [-0.25, -0.2) is 4.98 Å². The Morgan fingerprint density at radius 3 is 2.70 bits per heavy atom. The molecule has 0 radical (unpaired) electrons. The Bertz CT molecular complexity index is 670. The Morgan fingerprint density at radius 1 is 1.35 bits per heavy atom. The number of hydrogen-bond donors (Lipinski definition) is 2. The van der Waals surface area contributed by atoms with Gasteiger partial charge in [-0.1, -0.05) is 12.1 Å². The van der Waals surface area contributed by atoms with Gasteiger partial charge >= 0.3 is 7.12 Å². The first kappa shape index (κ1) is 14.3. The van der Waals surface area contributed by atoms with Crippen LogP contribution >= 0.6 is 0 Å². The maximum Gasteiger partial charge on any atom is 0.492 e. The lowest BCUT2D eigenvalue weighted by Gasteiger charge is -2.11. The van der Waals surface area contributed by atoms with Crippen LogP contribution in [0.2, 0.25) is 0 Å². The molecule has 7 heteroatoms. The zero-order valence-electron chi connectivity index (χ0n) is 11.3. The van der Waals surface area contributed by atoms with Gasteiger partial charge in [0.2, 0.25) is 0 Å². The molecule has 0 aliphatic heterocycles. The molecule has 0 saturated heterocycles. The molecule has 0 aliphatic rings. The molecular formula is C13H15BN2O4. The number of hydrogen-bond acceptors (Lipinski definition) is 5. The fourth-order valence-electron chi connectivity index (χ4n) is 1.92. The van der Waals surface area contributed by atoms with Crippen molar-refractivity contribution in [2.75, 3.05) is 7.11 Å². The first-order valence-electron chi connectivity index (χ1n) is 6.07. The second-order valence-corrected chi connectivity index (χ2v) is 4.45. The van der Waals surface area contributed by atoms with Gasteiger partial charge in [-0.3, -0.25) is 9.36 Å². The van der Waals surface area contributed by atoms with Crippen molar-refractivity contribution in [2.45, 2.75) is 13.5 Å². The van der Waals surface area contributed by atoms with Crippen LogP contribution in [0.1, 0.15) is 11.3 Å². The summed E-state index contributed by atoms with van der Waals surface area (Å²) in [5.41, 5.74) is 1.52. The maximum absolute atomic E-state index is 11.8. The van der Waals surface area contributed by atoms with Crippen molar-refractivity contribution in [2.24, 2.45) is 0 Å². The second kappa shape index (κ2) is 5.89. The van der Waals surface area contributed by atoms with Crippen molar-refractivity contribution in [3.8, 4) is 5.75 Å². The van der Waals surface area contributed by atoms with Crippen molar-refractivity contribution < 1.29 is 14.8 Å². The number of rotatable bonds is 4. The topological polar surface area (TPSA) is 84.6 Å². The molecule has 1 aromatic heterocycles. The van der Waals surface area contributed by atoms with Crippen molar-refractivity contribution in [3.05, 3.63) is 52.2 Å². The summed E-state index contributed by atoms with van der Waals surface area (Å²) in [7, 11) is -0.173. The summed E-state index contributed by atoms with van der Waals surface area (Å²) in [5, 5.41) is 18.6. The fourth-order valence-corrected chi connectivity index (χ4v) is 1.92. The summed E-state index contributed by atoms with van der Waals surface area (Å²) < 4.78 is 6.50. The Labute approximate surface area is 116 Å². The fraction of sp³-hybridized carbons (Fsp3) is 0.231. The van der Waals surface area contributed by atoms with Crippen molar-refractivity contribution in [1.82, 2.24) is 9.55 Å². The van der Waals surface area contributed by atoms with Crippen LogP contribution in [0.5, 0.6) is 5.75 Å². The summed E-state index contributed by atoms with van der Waals surface area (Å²) in [6, 6.07) is 6.44. The largest absolute Gasteiger partial charge is 0.497 e. The molecular weight excluding hydrogens is 259 g/mol. The molecule has 0 unspecified atom stereocenters. The third-order valence-electron chi connectivity index (χ3n) is 2.94. The highest BCUT2D eigenvalue weighted by molar-refractivity contribution is 6.59. The van der Waals surface area contributed by atoms with Gasteiger partial charge < -0.3 is 14.8 Å². The second-order valence-electron chi connectivity index (χ2n) is 4.45. The zero-order valence-corrected chi connectivity index (χ0v) is 11.3. The monoisotopic (exact) mass is 274 g/mol. The number of aryl methyl sites for hydroxylation is 1. The maximum atomic E-state index is 11.8. The molecule has 2 N–H and O–H groups in total. The molecule has 1 heterocycles. The summed E-state index contributed by atoms with van der Waals surface area (Å²) in [4.78, 5) is 15.9. The van der Waals surface area contributed by atoms with Crippen LogP contribution in [0.25, 0.3) is 0 Å². The van der Waals surface area contributed by atoms with E-state index in [1.54, 1.807) is 25.1 Å². The molecule has 2 rings (SSSR count). The molecule has 0 atom stereocenters. The highest BCUT2D eigenvalue weighted by Crippen LogP contribution is 2.10. The highest BCUT2D eigenvalue weighted by atomic mass is 16.5. The van der Waals surface area contributed by atoms with E-state index < -0.39 is 7.12 Å². The average molecular weight is 274 g/mol. The number of benzene rings is 1. The molecule has 0 fully saturated rings. The number of ether oxygens (including phenoxy) is 1. The van der Waals surface area contributed by atoms with Crippen LogP contribution in [-0.4, -0.2) is 33.8 Å². The minimum atomic E-state index is -1.63. The third-order valence-corrected chi connectivity index (χ3v) is 2.94. The quantitative estimate of drug-likeness (QED) is 0.719. The van der Waals surface area contributed by atoms with Crippen molar-refractivity contribution in [1.29, 1.82) is 0 Å². The van der Waals surface area contributed by atoms with Crippen LogP contribution in [0, 0.1) is 6.92 Å². The molecule has 0 spiro atoms. The Morgan fingerprint density at radius 2 is 2.10 bits per heavy atom. The third kappa shape index (κ3) is 3.07. The predicted octanol–water partition coefficient (Wildman–Crippen LogP) is -0.712. The first-order valence-corrected chi connectivity index (χ1v) is 6.07. The van der Waals surface area contributed by atoms with Gasteiger partial charge in [-0.05, 0) is 18.6 Å². The van der Waals surface area contributed by atoms with E-state index in [9.17, 15) is 14.8 Å². The smallest absolute Gasteiger partial charge is 0.492 e. The molecule has 6 nitrogen and oxygen atoms in total. The highest BCUT2D eigenvalue weighted by Gasteiger charge is 2.17. The van der Waals surface area contributed by atoms with Gasteiger partial charge in [0.15, 0.2) is 0 Å². The van der Waals surface area contributed by atoms with Crippen LogP contribution in [0.4, 0.5) is 0 Å². The van der Waals surface area contributed by atoms with E-state index in [1.807, 2.05) is 0 Å². The number of methoxy groups -OCH3 is 1. The molecule has 0 amide bonds. The van der Waals surface area contributed by atoms with Gasteiger partial charge in [-0.2, -0.15) is 0 Å². The molecule has 2 aromatic rings. The van der Waals surface area contributed by atoms with Gasteiger partial charge in [0.25, 0.3) is 5.56 Å². The SMILES string of the molecule is COc1ccc(Cn2cnc(C)cc2=O)cc1B(O)O. The van der Waals surface area contributed by atoms with Crippen molar-refractivity contribution >= 4 is 12.6 Å². The lowest BCUT2D eigenvalue weighted by molar-refractivity contribution is 0.403. The molecule has 104 valence electrons. The van der Waals surface area contributed by atoms with Crippen LogP contribution in [0.3, 0.4) is 0 Å². The van der Waals surface area contributed by atoms with E-state index >= 15 is 0 Å². The molecule has 0 bridgehead atoms. The van der Waals surface area contributed by atoms with E-state index in [-0.39, 0.29) is 11.0 Å². The molecule has 1 aromatic carbocycles. The van der Waals surface area contributed by atoms with Gasteiger partial charge in [0, 0.05) is 17.2 Å². The standard InChI is InChI=1S/C13H15BN2O4/c1-9-5-13(17)16(8-15-9)7-10-3-4-12(20-2)11(6-10)14(18)19/h3-6,8,18-19H,7H2,1-2H3. The normalized spacial score (nSPS) is 10.4. The minimum absolute atomic E-state index is 0.153. The van der Waals surface area contributed by atoms with Crippen LogP contribution in [-0.2, 0) is 6.54 Å². The van der Waals surface area contributed by atoms with E-state index in [0.717, 1.165) is 5.56 Å². The predicted molar refractivity (Wildman–Crippen MR) is 75.2 cm³/mol. The Hall–Kier alpha value is -2.12. The van der Waals surface area contributed by atoms with E-state index in [0.29, 0.717) is 18.0 Å². The van der Waals surface area contributed by atoms with Gasteiger partial charge in [-0.15, -0.1) is 0 Å². The first-order chi connectivity index (χ1) is 9.51. The molecule has 20 heavy (non-hydrogen) atoms. The van der Waals surface area contributed by atoms with Crippen LogP contribution in [0.15, 0.2) is 35.4 Å². The van der Waals surface area contributed by atoms with E-state index in [1.165, 1.54) is 24.1 Å². The molecule has 0 saturated carbocycles. The number of aromatic nitrogens is 2. The lowest BCUT2D eigenvalue weighted by atomic mass is 9.78. The summed E-state index contributed by atoms with van der Waals surface area (Å²) in [6.07, 6.45) is 1.47. The zero-order chi connectivity index (χ0) is 14.7. The van der Waals surface area contributed by atoms with Crippen molar-refractivity contribution in [3.63, 3.8) is 0 Å². The molecule has 0 aliphatic carbocycles. The van der Waals surface area contributed by atoms with Gasteiger partial charge in [0.1, 0.15) is 5.75 Å². The minimum Gasteiger partial charge on any atom is -0.497 e.